The summed E-state index contributed by atoms with van der Waals surface area (Å²) in [5.74, 6) is -0.0819. The Bertz CT molecular complexity index is 327. The molecule has 0 nitrogen and oxygen atoms in total. The average Bonchev–Trinajstić information content (AvgIpc) is 2.42. The SMILES string of the molecule is CCCCCCCCCC=C(F)c1ccccc1. The molecule has 18 heavy (non-hydrogen) atoms. The summed E-state index contributed by atoms with van der Waals surface area (Å²) in [5, 5.41) is 0. The van der Waals surface area contributed by atoms with Gasteiger partial charge in [0, 0.05) is 5.56 Å². The van der Waals surface area contributed by atoms with E-state index in [1.54, 1.807) is 6.08 Å². The molecular weight excluding hydrogens is 223 g/mol. The summed E-state index contributed by atoms with van der Waals surface area (Å²) in [6.07, 6.45) is 11.5. The average molecular weight is 248 g/mol. The molecule has 0 saturated carbocycles. The highest BCUT2D eigenvalue weighted by Gasteiger charge is 1.97. The third kappa shape index (κ3) is 6.58. The van der Waals surface area contributed by atoms with Gasteiger partial charge >= 0.3 is 0 Å². The first-order chi connectivity index (χ1) is 8.84. The highest BCUT2D eigenvalue weighted by atomic mass is 19.1. The summed E-state index contributed by atoms with van der Waals surface area (Å²) in [6.45, 7) is 2.23. The van der Waals surface area contributed by atoms with E-state index in [9.17, 15) is 4.39 Å². The van der Waals surface area contributed by atoms with E-state index in [2.05, 4.69) is 6.92 Å². The van der Waals surface area contributed by atoms with Gasteiger partial charge in [-0.25, -0.2) is 4.39 Å². The van der Waals surface area contributed by atoms with Crippen molar-refractivity contribution < 1.29 is 4.39 Å². The van der Waals surface area contributed by atoms with Crippen LogP contribution in [0.1, 0.15) is 63.9 Å². The van der Waals surface area contributed by atoms with Crippen LogP contribution in [0.5, 0.6) is 0 Å². The van der Waals surface area contributed by atoms with Crippen LogP contribution in [-0.2, 0) is 0 Å². The first-order valence-corrected chi connectivity index (χ1v) is 7.25. The standard InChI is InChI=1S/C17H25F/c1-2-3-4-5-6-7-8-12-15-17(18)16-13-10-9-11-14-16/h9-11,13-15H,2-8,12H2,1H3. The zero-order chi connectivity index (χ0) is 13.1. The van der Waals surface area contributed by atoms with Gasteiger partial charge in [-0.2, -0.15) is 0 Å². The second-order valence-corrected chi connectivity index (χ2v) is 4.83. The molecule has 0 N–H and O–H groups in total. The Kier molecular flexibility index (Phi) is 8.20. The Morgan fingerprint density at radius 3 is 2.22 bits per heavy atom. The van der Waals surface area contributed by atoms with E-state index in [1.165, 1.54) is 38.5 Å². The minimum absolute atomic E-state index is 0.0819. The third-order valence-electron chi connectivity index (χ3n) is 3.18. The Balaban J connectivity index is 2.10. The number of hydrogen-bond acceptors (Lipinski definition) is 0. The van der Waals surface area contributed by atoms with Crippen LogP contribution in [0.15, 0.2) is 36.4 Å². The van der Waals surface area contributed by atoms with Crippen LogP contribution < -0.4 is 0 Å². The fourth-order valence-corrected chi connectivity index (χ4v) is 2.05. The van der Waals surface area contributed by atoms with Gasteiger partial charge in [-0.05, 0) is 18.9 Å². The quantitative estimate of drug-likeness (QED) is 0.460. The van der Waals surface area contributed by atoms with Crippen molar-refractivity contribution >= 4 is 5.83 Å². The zero-order valence-corrected chi connectivity index (χ0v) is 11.5. The molecule has 0 radical (unpaired) electrons. The molecule has 0 saturated heterocycles. The molecule has 1 aromatic rings. The predicted molar refractivity (Wildman–Crippen MR) is 78.1 cm³/mol. The Labute approximate surface area is 111 Å². The lowest BCUT2D eigenvalue weighted by Crippen LogP contribution is -1.80. The minimum Gasteiger partial charge on any atom is -0.207 e. The van der Waals surface area contributed by atoms with E-state index < -0.39 is 0 Å². The molecule has 0 aliphatic carbocycles. The molecule has 0 aliphatic rings. The van der Waals surface area contributed by atoms with Crippen molar-refractivity contribution in [3.8, 4) is 0 Å². The summed E-state index contributed by atoms with van der Waals surface area (Å²) in [6, 6.07) is 9.28. The van der Waals surface area contributed by atoms with E-state index >= 15 is 0 Å². The maximum atomic E-state index is 13.7. The monoisotopic (exact) mass is 248 g/mol. The maximum Gasteiger partial charge on any atom is 0.126 e. The van der Waals surface area contributed by atoms with Crippen LogP contribution in [0.3, 0.4) is 0 Å². The van der Waals surface area contributed by atoms with E-state index in [-0.39, 0.29) is 5.83 Å². The van der Waals surface area contributed by atoms with Crippen molar-refractivity contribution in [2.75, 3.05) is 0 Å². The molecule has 1 rings (SSSR count). The van der Waals surface area contributed by atoms with E-state index in [4.69, 9.17) is 0 Å². The summed E-state index contributed by atoms with van der Waals surface area (Å²) in [4.78, 5) is 0. The van der Waals surface area contributed by atoms with E-state index in [0.717, 1.165) is 12.8 Å². The van der Waals surface area contributed by atoms with Crippen molar-refractivity contribution in [2.45, 2.75) is 58.3 Å². The molecule has 0 bridgehead atoms. The number of halogens is 1. The van der Waals surface area contributed by atoms with Gasteiger partial charge in [0.05, 0.1) is 0 Å². The molecule has 0 unspecified atom stereocenters. The summed E-state index contributed by atoms with van der Waals surface area (Å²) >= 11 is 0. The van der Waals surface area contributed by atoms with Crippen LogP contribution in [0, 0.1) is 0 Å². The Hall–Kier alpha value is -1.11. The van der Waals surface area contributed by atoms with Crippen LogP contribution in [0.4, 0.5) is 4.39 Å². The Morgan fingerprint density at radius 2 is 1.56 bits per heavy atom. The van der Waals surface area contributed by atoms with Gasteiger partial charge in [-0.3, -0.25) is 0 Å². The third-order valence-corrected chi connectivity index (χ3v) is 3.18. The lowest BCUT2D eigenvalue weighted by atomic mass is 10.1. The molecule has 0 heterocycles. The van der Waals surface area contributed by atoms with Crippen molar-refractivity contribution in [2.24, 2.45) is 0 Å². The molecule has 1 heteroatoms. The second-order valence-electron chi connectivity index (χ2n) is 4.83. The van der Waals surface area contributed by atoms with Crippen LogP contribution in [0.25, 0.3) is 5.83 Å². The first-order valence-electron chi connectivity index (χ1n) is 7.25. The molecule has 0 aromatic heterocycles. The van der Waals surface area contributed by atoms with Crippen molar-refractivity contribution in [1.82, 2.24) is 0 Å². The second kappa shape index (κ2) is 9.87. The fourth-order valence-electron chi connectivity index (χ4n) is 2.05. The Morgan fingerprint density at radius 1 is 0.944 bits per heavy atom. The molecule has 100 valence electrons. The zero-order valence-electron chi connectivity index (χ0n) is 11.5. The van der Waals surface area contributed by atoms with Gasteiger partial charge in [0.15, 0.2) is 0 Å². The summed E-state index contributed by atoms with van der Waals surface area (Å²) < 4.78 is 13.7. The molecule has 0 aliphatic heterocycles. The van der Waals surface area contributed by atoms with Crippen molar-refractivity contribution in [1.29, 1.82) is 0 Å². The lowest BCUT2D eigenvalue weighted by molar-refractivity contribution is 0.591. The van der Waals surface area contributed by atoms with Gasteiger partial charge < -0.3 is 0 Å². The normalized spacial score (nSPS) is 11.8. The highest BCUT2D eigenvalue weighted by molar-refractivity contribution is 5.58. The molecule has 0 fully saturated rings. The largest absolute Gasteiger partial charge is 0.207 e. The number of rotatable bonds is 9. The van der Waals surface area contributed by atoms with E-state index in [0.29, 0.717) is 5.56 Å². The lowest BCUT2D eigenvalue weighted by Gasteiger charge is -2.00. The minimum atomic E-state index is -0.0819. The number of allylic oxidation sites excluding steroid dienone is 1. The predicted octanol–water partition coefficient (Wildman–Crippen LogP) is 6.14. The number of unbranched alkanes of at least 4 members (excludes halogenated alkanes) is 7. The first kappa shape index (κ1) is 14.9. The van der Waals surface area contributed by atoms with Crippen molar-refractivity contribution in [3.05, 3.63) is 42.0 Å². The maximum absolute atomic E-state index is 13.7. The van der Waals surface area contributed by atoms with Gasteiger partial charge in [-0.1, -0.05) is 75.8 Å². The molecule has 0 spiro atoms. The molecule has 0 amide bonds. The number of hydrogen-bond donors (Lipinski definition) is 0. The number of benzene rings is 1. The summed E-state index contributed by atoms with van der Waals surface area (Å²) in [7, 11) is 0. The smallest absolute Gasteiger partial charge is 0.126 e. The van der Waals surface area contributed by atoms with E-state index in [1.807, 2.05) is 30.3 Å². The van der Waals surface area contributed by atoms with Gasteiger partial charge in [0.25, 0.3) is 0 Å². The molecule has 1 aromatic carbocycles. The fraction of sp³-hybridized carbons (Fsp3) is 0.529. The van der Waals surface area contributed by atoms with Gasteiger partial charge in [0.1, 0.15) is 5.83 Å². The molecular formula is C17H25F. The van der Waals surface area contributed by atoms with Gasteiger partial charge in [0.2, 0.25) is 0 Å². The van der Waals surface area contributed by atoms with Crippen LogP contribution in [0.2, 0.25) is 0 Å². The van der Waals surface area contributed by atoms with Crippen LogP contribution in [-0.4, -0.2) is 0 Å². The van der Waals surface area contributed by atoms with Crippen molar-refractivity contribution in [3.63, 3.8) is 0 Å². The van der Waals surface area contributed by atoms with Crippen LogP contribution >= 0.6 is 0 Å². The highest BCUT2D eigenvalue weighted by Crippen LogP contribution is 2.17. The molecule has 0 atom stereocenters. The summed E-state index contributed by atoms with van der Waals surface area (Å²) in [5.41, 5.74) is 0.695. The topological polar surface area (TPSA) is 0 Å². The van der Waals surface area contributed by atoms with Gasteiger partial charge in [-0.15, -0.1) is 0 Å².